The maximum absolute atomic E-state index is 5.72. The van der Waals surface area contributed by atoms with Crippen molar-refractivity contribution in [1.29, 1.82) is 0 Å². The molecule has 0 aromatic carbocycles. The minimum Gasteiger partial charge on any atom is -0.477 e. The second-order valence-electron chi connectivity index (χ2n) is 4.91. The molecule has 20 heavy (non-hydrogen) atoms. The quantitative estimate of drug-likeness (QED) is 0.810. The summed E-state index contributed by atoms with van der Waals surface area (Å²) in [7, 11) is 0. The summed E-state index contributed by atoms with van der Waals surface area (Å²) in [4.78, 5) is 12.6. The van der Waals surface area contributed by atoms with Crippen LogP contribution in [-0.2, 0) is 6.61 Å². The lowest BCUT2D eigenvalue weighted by atomic mass is 10.2. The molecule has 0 amide bonds. The number of pyridine rings is 1. The summed E-state index contributed by atoms with van der Waals surface area (Å²) in [6.07, 6.45) is 3.43. The first-order valence-electron chi connectivity index (χ1n) is 6.64. The molecule has 2 aromatic heterocycles. The minimum absolute atomic E-state index is 0.338. The average Bonchev–Trinajstić information content (AvgIpc) is 2.45. The smallest absolute Gasteiger partial charge is 0.223 e. The maximum atomic E-state index is 5.72. The van der Waals surface area contributed by atoms with Crippen LogP contribution in [0.4, 0.5) is 0 Å². The van der Waals surface area contributed by atoms with Gasteiger partial charge in [0.2, 0.25) is 11.8 Å². The predicted octanol–water partition coefficient (Wildman–Crippen LogP) is 2.79. The van der Waals surface area contributed by atoms with Crippen molar-refractivity contribution >= 4 is 0 Å². The second kappa shape index (κ2) is 6.84. The van der Waals surface area contributed by atoms with Crippen LogP contribution in [0.1, 0.15) is 25.2 Å². The average molecular weight is 273 g/mol. The normalized spacial score (nSPS) is 10.6. The van der Waals surface area contributed by atoms with Gasteiger partial charge in [0, 0.05) is 18.5 Å². The van der Waals surface area contributed by atoms with E-state index in [0.717, 1.165) is 5.56 Å². The van der Waals surface area contributed by atoms with Gasteiger partial charge in [-0.3, -0.25) is 0 Å². The molecule has 0 aliphatic carbocycles. The molecule has 0 aliphatic heterocycles. The van der Waals surface area contributed by atoms with Crippen molar-refractivity contribution in [3.05, 3.63) is 42.0 Å². The zero-order valence-electron chi connectivity index (χ0n) is 12.0. The fourth-order valence-electron chi connectivity index (χ4n) is 1.53. The lowest BCUT2D eigenvalue weighted by molar-refractivity contribution is 0.241. The molecule has 2 rings (SSSR count). The maximum Gasteiger partial charge on any atom is 0.223 e. The Morgan fingerprint density at radius 3 is 2.70 bits per heavy atom. The molecular weight excluding hydrogens is 254 g/mol. The van der Waals surface area contributed by atoms with Crippen molar-refractivity contribution < 1.29 is 9.47 Å². The molecule has 106 valence electrons. The number of aryl methyl sites for hydroxylation is 1. The zero-order valence-corrected chi connectivity index (χ0v) is 12.0. The van der Waals surface area contributed by atoms with Crippen LogP contribution in [0, 0.1) is 12.8 Å². The summed E-state index contributed by atoms with van der Waals surface area (Å²) in [6.45, 7) is 6.99. The number of hydrogen-bond donors (Lipinski definition) is 0. The van der Waals surface area contributed by atoms with Gasteiger partial charge in [0.25, 0.3) is 0 Å². The summed E-state index contributed by atoms with van der Waals surface area (Å²) >= 11 is 0. The number of ether oxygens (including phenoxy) is 2. The first-order chi connectivity index (χ1) is 9.65. The van der Waals surface area contributed by atoms with E-state index in [0.29, 0.717) is 36.7 Å². The third-order valence-corrected chi connectivity index (χ3v) is 2.51. The Morgan fingerprint density at radius 1 is 1.15 bits per heavy atom. The third-order valence-electron chi connectivity index (χ3n) is 2.51. The van der Waals surface area contributed by atoms with Gasteiger partial charge in [-0.25, -0.2) is 9.97 Å². The minimum atomic E-state index is 0.338. The summed E-state index contributed by atoms with van der Waals surface area (Å²) in [5, 5.41) is 0. The summed E-state index contributed by atoms with van der Waals surface area (Å²) < 4.78 is 11.3. The van der Waals surface area contributed by atoms with Crippen LogP contribution in [0.3, 0.4) is 0 Å². The zero-order chi connectivity index (χ0) is 14.4. The Morgan fingerprint density at radius 2 is 2.00 bits per heavy atom. The van der Waals surface area contributed by atoms with Gasteiger partial charge in [0.15, 0.2) is 0 Å². The highest BCUT2D eigenvalue weighted by atomic mass is 16.5. The van der Waals surface area contributed by atoms with Gasteiger partial charge in [-0.05, 0) is 18.9 Å². The summed E-state index contributed by atoms with van der Waals surface area (Å²) in [5.74, 6) is 2.28. The molecule has 0 saturated carbocycles. The Bertz CT molecular complexity index is 544. The molecule has 2 aromatic rings. The van der Waals surface area contributed by atoms with Crippen LogP contribution in [0.2, 0.25) is 0 Å². The van der Waals surface area contributed by atoms with Crippen molar-refractivity contribution in [3.63, 3.8) is 0 Å². The topological polar surface area (TPSA) is 57.1 Å². The van der Waals surface area contributed by atoms with E-state index in [9.17, 15) is 0 Å². The molecule has 0 N–H and O–H groups in total. The van der Waals surface area contributed by atoms with Crippen LogP contribution in [0.5, 0.6) is 11.8 Å². The molecule has 0 bridgehead atoms. The van der Waals surface area contributed by atoms with E-state index in [1.165, 1.54) is 0 Å². The fourth-order valence-corrected chi connectivity index (χ4v) is 1.53. The van der Waals surface area contributed by atoms with Gasteiger partial charge in [-0.2, -0.15) is 4.98 Å². The van der Waals surface area contributed by atoms with Gasteiger partial charge >= 0.3 is 0 Å². The van der Waals surface area contributed by atoms with Gasteiger partial charge in [-0.15, -0.1) is 0 Å². The van der Waals surface area contributed by atoms with E-state index < -0.39 is 0 Å². The fraction of sp³-hybridized carbons (Fsp3) is 0.400. The number of aromatic nitrogens is 3. The largest absolute Gasteiger partial charge is 0.477 e. The molecule has 2 heterocycles. The van der Waals surface area contributed by atoms with Crippen molar-refractivity contribution in [2.45, 2.75) is 27.4 Å². The van der Waals surface area contributed by atoms with Crippen molar-refractivity contribution in [1.82, 2.24) is 15.0 Å². The molecule has 0 atom stereocenters. The molecule has 0 aliphatic rings. The summed E-state index contributed by atoms with van der Waals surface area (Å²) in [5.41, 5.74) is 0.821. The molecule has 5 nitrogen and oxygen atoms in total. The van der Waals surface area contributed by atoms with Crippen LogP contribution < -0.4 is 9.47 Å². The van der Waals surface area contributed by atoms with Crippen molar-refractivity contribution in [2.24, 2.45) is 5.92 Å². The molecule has 0 saturated heterocycles. The lowest BCUT2D eigenvalue weighted by Gasteiger charge is -2.12. The summed E-state index contributed by atoms with van der Waals surface area (Å²) in [6, 6.07) is 5.53. The van der Waals surface area contributed by atoms with E-state index in [1.54, 1.807) is 12.4 Å². The SMILES string of the molecule is Cc1ncc(COc2ccccn2)c(OCC(C)C)n1. The molecule has 0 fully saturated rings. The second-order valence-corrected chi connectivity index (χ2v) is 4.91. The molecule has 0 unspecified atom stereocenters. The van der Waals surface area contributed by atoms with E-state index in [1.807, 2.05) is 25.1 Å². The molecular formula is C15H19N3O2. The monoisotopic (exact) mass is 273 g/mol. The van der Waals surface area contributed by atoms with Crippen LogP contribution in [-0.4, -0.2) is 21.6 Å². The van der Waals surface area contributed by atoms with Crippen molar-refractivity contribution in [3.8, 4) is 11.8 Å². The van der Waals surface area contributed by atoms with Gasteiger partial charge < -0.3 is 9.47 Å². The number of rotatable bonds is 6. The van der Waals surface area contributed by atoms with E-state index in [4.69, 9.17) is 9.47 Å². The van der Waals surface area contributed by atoms with Gasteiger partial charge in [0.1, 0.15) is 12.4 Å². The van der Waals surface area contributed by atoms with Crippen LogP contribution >= 0.6 is 0 Å². The lowest BCUT2D eigenvalue weighted by Crippen LogP contribution is -2.10. The van der Waals surface area contributed by atoms with Crippen LogP contribution in [0.15, 0.2) is 30.6 Å². The van der Waals surface area contributed by atoms with Crippen LogP contribution in [0.25, 0.3) is 0 Å². The predicted molar refractivity (Wildman–Crippen MR) is 75.7 cm³/mol. The van der Waals surface area contributed by atoms with E-state index in [2.05, 4.69) is 28.8 Å². The van der Waals surface area contributed by atoms with Crippen molar-refractivity contribution in [2.75, 3.05) is 6.61 Å². The number of nitrogens with zero attached hydrogens (tertiary/aromatic N) is 3. The molecule has 5 heteroatoms. The Hall–Kier alpha value is -2.17. The molecule has 0 radical (unpaired) electrons. The highest BCUT2D eigenvalue weighted by Crippen LogP contribution is 2.17. The highest BCUT2D eigenvalue weighted by molar-refractivity contribution is 5.23. The standard InChI is InChI=1S/C15H19N3O2/c1-11(2)9-20-15-13(8-17-12(3)18-15)10-19-14-6-4-5-7-16-14/h4-8,11H,9-10H2,1-3H3. The van der Waals surface area contributed by atoms with E-state index in [-0.39, 0.29) is 0 Å². The highest BCUT2D eigenvalue weighted by Gasteiger charge is 2.09. The Kier molecular flexibility index (Phi) is 4.87. The first kappa shape index (κ1) is 14.2. The first-order valence-corrected chi connectivity index (χ1v) is 6.64. The molecule has 0 spiro atoms. The van der Waals surface area contributed by atoms with E-state index >= 15 is 0 Å². The Balaban J connectivity index is 2.06. The van der Waals surface area contributed by atoms with Gasteiger partial charge in [0.05, 0.1) is 12.2 Å². The third kappa shape index (κ3) is 4.19. The van der Waals surface area contributed by atoms with Gasteiger partial charge in [-0.1, -0.05) is 19.9 Å². The Labute approximate surface area is 119 Å². The number of hydrogen-bond acceptors (Lipinski definition) is 5.